The molecule has 1 aliphatic rings. The van der Waals surface area contributed by atoms with E-state index >= 15 is 0 Å². The number of hydrogen-bond acceptors (Lipinski definition) is 7. The van der Waals surface area contributed by atoms with Crippen LogP contribution in [0.1, 0.15) is 30.2 Å². The zero-order chi connectivity index (χ0) is 21.3. The van der Waals surface area contributed by atoms with Crippen molar-refractivity contribution in [2.45, 2.75) is 19.9 Å². The van der Waals surface area contributed by atoms with Crippen molar-refractivity contribution in [2.75, 3.05) is 26.9 Å². The van der Waals surface area contributed by atoms with Crippen molar-refractivity contribution >= 4 is 22.9 Å². The summed E-state index contributed by atoms with van der Waals surface area (Å²) in [6.07, 6.45) is 1.59. The van der Waals surface area contributed by atoms with Gasteiger partial charge >= 0.3 is 5.97 Å². The Bertz CT molecular complexity index is 1120. The van der Waals surface area contributed by atoms with E-state index in [0.29, 0.717) is 47.0 Å². The Hall–Kier alpha value is -3.62. The number of amides is 1. The van der Waals surface area contributed by atoms with Crippen LogP contribution in [0.3, 0.4) is 0 Å². The van der Waals surface area contributed by atoms with Crippen LogP contribution in [0.15, 0.2) is 30.5 Å². The fourth-order valence-corrected chi connectivity index (χ4v) is 3.20. The van der Waals surface area contributed by atoms with Crippen LogP contribution in [-0.4, -0.2) is 53.5 Å². The first-order valence-electron chi connectivity index (χ1n) is 9.64. The fourth-order valence-electron chi connectivity index (χ4n) is 3.20. The highest BCUT2D eigenvalue weighted by Crippen LogP contribution is 2.35. The molecule has 0 radical (unpaired) electrons. The molecular weight excluding hydrogens is 388 g/mol. The van der Waals surface area contributed by atoms with E-state index < -0.39 is 11.9 Å². The van der Waals surface area contributed by atoms with Gasteiger partial charge in [-0.2, -0.15) is 5.10 Å². The van der Waals surface area contributed by atoms with Crippen LogP contribution in [0.25, 0.3) is 22.3 Å². The van der Waals surface area contributed by atoms with Crippen molar-refractivity contribution < 1.29 is 23.8 Å². The Balaban J connectivity index is 1.81. The largest absolute Gasteiger partial charge is 0.486 e. The second kappa shape index (κ2) is 8.02. The normalized spacial score (nSPS) is 12.8. The quantitative estimate of drug-likeness (QED) is 0.644. The number of nitrogens with one attached hydrogen (secondary N) is 1. The van der Waals surface area contributed by atoms with Crippen molar-refractivity contribution in [2.24, 2.45) is 0 Å². The van der Waals surface area contributed by atoms with E-state index in [9.17, 15) is 9.59 Å². The molecule has 1 aliphatic heterocycles. The Morgan fingerprint density at radius 2 is 1.97 bits per heavy atom. The predicted octanol–water partition coefficient (Wildman–Crippen LogP) is 2.35. The van der Waals surface area contributed by atoms with E-state index in [-0.39, 0.29) is 12.6 Å². The molecule has 3 heterocycles. The lowest BCUT2D eigenvalue weighted by atomic mass is 10.1. The van der Waals surface area contributed by atoms with Crippen LogP contribution in [0.2, 0.25) is 0 Å². The van der Waals surface area contributed by atoms with Gasteiger partial charge in [0.25, 0.3) is 5.91 Å². The Kier molecular flexibility index (Phi) is 5.26. The number of pyridine rings is 1. The standard InChI is InChI=1S/C21H22N4O5/c1-12(2)25-20-15(10-23-25)14(21(27)30-11-19(26)22-3)9-16(24-20)13-4-5-17-18(8-13)29-7-6-28-17/h4-5,8-10,12H,6-7,11H2,1-3H3,(H,22,26). The van der Waals surface area contributed by atoms with Gasteiger partial charge in [0.1, 0.15) is 13.2 Å². The number of likely N-dealkylation sites (N-methyl/N-ethyl adjacent to an activating group) is 1. The fraction of sp³-hybridized carbons (Fsp3) is 0.333. The number of rotatable bonds is 5. The smallest absolute Gasteiger partial charge is 0.339 e. The van der Waals surface area contributed by atoms with Gasteiger partial charge in [-0.15, -0.1) is 0 Å². The van der Waals surface area contributed by atoms with E-state index in [0.717, 1.165) is 5.56 Å². The molecule has 156 valence electrons. The SMILES string of the molecule is CNC(=O)COC(=O)c1cc(-c2ccc3c(c2)OCCO3)nc2c1cnn2C(C)C. The van der Waals surface area contributed by atoms with Crippen LogP contribution in [0, 0.1) is 0 Å². The summed E-state index contributed by atoms with van der Waals surface area (Å²) in [6, 6.07) is 7.20. The summed E-state index contributed by atoms with van der Waals surface area (Å²) in [4.78, 5) is 29.0. The summed E-state index contributed by atoms with van der Waals surface area (Å²) in [5, 5.41) is 7.36. The lowest BCUT2D eigenvalue weighted by Crippen LogP contribution is -2.25. The number of ether oxygens (including phenoxy) is 3. The predicted molar refractivity (Wildman–Crippen MR) is 109 cm³/mol. The lowest BCUT2D eigenvalue weighted by molar-refractivity contribution is -0.123. The number of esters is 1. The number of hydrogen-bond donors (Lipinski definition) is 1. The maximum Gasteiger partial charge on any atom is 0.339 e. The maximum atomic E-state index is 12.8. The molecule has 3 aromatic rings. The van der Waals surface area contributed by atoms with Crippen molar-refractivity contribution in [3.05, 3.63) is 36.0 Å². The van der Waals surface area contributed by atoms with Crippen molar-refractivity contribution in [1.29, 1.82) is 0 Å². The molecule has 4 rings (SSSR count). The first-order chi connectivity index (χ1) is 14.5. The van der Waals surface area contributed by atoms with Crippen LogP contribution in [0.5, 0.6) is 11.5 Å². The number of nitrogens with zero attached hydrogens (tertiary/aromatic N) is 3. The number of fused-ring (bicyclic) bond motifs is 2. The molecule has 0 unspecified atom stereocenters. The van der Waals surface area contributed by atoms with Gasteiger partial charge in [-0.3, -0.25) is 4.79 Å². The molecule has 0 saturated heterocycles. The third-order valence-electron chi connectivity index (χ3n) is 4.73. The van der Waals surface area contributed by atoms with Crippen LogP contribution < -0.4 is 14.8 Å². The van der Waals surface area contributed by atoms with Crippen LogP contribution >= 0.6 is 0 Å². The first-order valence-corrected chi connectivity index (χ1v) is 9.64. The van der Waals surface area contributed by atoms with Crippen molar-refractivity contribution in [3.8, 4) is 22.8 Å². The molecule has 0 bridgehead atoms. The summed E-state index contributed by atoms with van der Waals surface area (Å²) in [5.41, 5.74) is 2.18. The molecule has 9 nitrogen and oxygen atoms in total. The molecule has 0 aliphatic carbocycles. The molecule has 2 aromatic heterocycles. The third kappa shape index (κ3) is 3.66. The molecule has 30 heavy (non-hydrogen) atoms. The van der Waals surface area contributed by atoms with Gasteiger partial charge < -0.3 is 19.5 Å². The summed E-state index contributed by atoms with van der Waals surface area (Å²) in [6.45, 7) is 4.57. The summed E-state index contributed by atoms with van der Waals surface area (Å²) in [7, 11) is 1.48. The third-order valence-corrected chi connectivity index (χ3v) is 4.73. The maximum absolute atomic E-state index is 12.8. The van der Waals surface area contributed by atoms with Gasteiger partial charge in [0.05, 0.1) is 22.8 Å². The zero-order valence-corrected chi connectivity index (χ0v) is 17.0. The molecule has 1 N–H and O–H groups in total. The van der Waals surface area contributed by atoms with E-state index in [1.165, 1.54) is 7.05 Å². The molecule has 1 amide bonds. The highest BCUT2D eigenvalue weighted by molar-refractivity contribution is 6.04. The highest BCUT2D eigenvalue weighted by Gasteiger charge is 2.21. The molecule has 0 spiro atoms. The monoisotopic (exact) mass is 410 g/mol. The number of aromatic nitrogens is 3. The van der Waals surface area contributed by atoms with Gasteiger partial charge in [0.15, 0.2) is 23.8 Å². The number of carbonyl (C=O) groups excluding carboxylic acids is 2. The molecule has 9 heteroatoms. The average molecular weight is 410 g/mol. The van der Waals surface area contributed by atoms with Gasteiger partial charge in [0, 0.05) is 18.7 Å². The van der Waals surface area contributed by atoms with Gasteiger partial charge in [-0.05, 0) is 38.1 Å². The minimum atomic E-state index is -0.618. The topological polar surface area (TPSA) is 105 Å². The average Bonchev–Trinajstić information content (AvgIpc) is 3.20. The first kappa shape index (κ1) is 19.7. The zero-order valence-electron chi connectivity index (χ0n) is 17.0. The molecule has 0 saturated carbocycles. The minimum Gasteiger partial charge on any atom is -0.486 e. The lowest BCUT2D eigenvalue weighted by Gasteiger charge is -2.19. The van der Waals surface area contributed by atoms with Gasteiger partial charge in [-0.1, -0.05) is 0 Å². The van der Waals surface area contributed by atoms with E-state index in [2.05, 4.69) is 10.4 Å². The van der Waals surface area contributed by atoms with Gasteiger partial charge in [0.2, 0.25) is 0 Å². The Morgan fingerprint density at radius 3 is 2.70 bits per heavy atom. The molecule has 1 aromatic carbocycles. The second-order valence-corrected chi connectivity index (χ2v) is 7.08. The van der Waals surface area contributed by atoms with Crippen LogP contribution in [0.4, 0.5) is 0 Å². The Labute approximate surface area is 172 Å². The van der Waals surface area contributed by atoms with E-state index in [4.69, 9.17) is 19.2 Å². The highest BCUT2D eigenvalue weighted by atomic mass is 16.6. The summed E-state index contributed by atoms with van der Waals surface area (Å²) < 4.78 is 18.2. The second-order valence-electron chi connectivity index (χ2n) is 7.08. The van der Waals surface area contributed by atoms with Crippen LogP contribution in [-0.2, 0) is 9.53 Å². The molecular formula is C21H22N4O5. The van der Waals surface area contributed by atoms with E-state index in [1.807, 2.05) is 32.0 Å². The summed E-state index contributed by atoms with van der Waals surface area (Å²) >= 11 is 0. The van der Waals surface area contributed by atoms with Crippen molar-refractivity contribution in [1.82, 2.24) is 20.1 Å². The van der Waals surface area contributed by atoms with Gasteiger partial charge in [-0.25, -0.2) is 14.5 Å². The summed E-state index contributed by atoms with van der Waals surface area (Å²) in [5.74, 6) is 0.289. The Morgan fingerprint density at radius 1 is 1.20 bits per heavy atom. The van der Waals surface area contributed by atoms with Crippen molar-refractivity contribution in [3.63, 3.8) is 0 Å². The molecule has 0 atom stereocenters. The number of benzene rings is 1. The van der Waals surface area contributed by atoms with E-state index in [1.54, 1.807) is 16.9 Å². The minimum absolute atomic E-state index is 0.0419. The molecule has 0 fully saturated rings. The number of carbonyl (C=O) groups is 2.